The van der Waals surface area contributed by atoms with Crippen molar-refractivity contribution in [1.29, 1.82) is 0 Å². The Balaban J connectivity index is 2.01. The van der Waals surface area contributed by atoms with Crippen LogP contribution in [0.15, 0.2) is 35.1 Å². The van der Waals surface area contributed by atoms with Crippen molar-refractivity contribution in [3.8, 4) is 0 Å². The van der Waals surface area contributed by atoms with E-state index in [1.54, 1.807) is 13.2 Å². The number of rotatable bonds is 7. The molecule has 0 radical (unpaired) electrons. The maximum absolute atomic E-state index is 12.3. The summed E-state index contributed by atoms with van der Waals surface area (Å²) in [4.78, 5) is 20.4. The second-order valence-electron chi connectivity index (χ2n) is 5.00. The summed E-state index contributed by atoms with van der Waals surface area (Å²) in [5, 5.41) is 5.97. The van der Waals surface area contributed by atoms with E-state index in [1.165, 1.54) is 6.33 Å². The summed E-state index contributed by atoms with van der Waals surface area (Å²) in [7, 11) is 1.66. The third-order valence-corrected chi connectivity index (χ3v) is 3.76. The monoisotopic (exact) mass is 378 g/mol. The van der Waals surface area contributed by atoms with Gasteiger partial charge in [0.15, 0.2) is 0 Å². The third-order valence-electron chi connectivity index (χ3n) is 3.10. The van der Waals surface area contributed by atoms with Gasteiger partial charge in [0.1, 0.15) is 17.8 Å². The Kier molecular flexibility index (Phi) is 6.49. The molecule has 0 bridgehead atoms. The van der Waals surface area contributed by atoms with Crippen LogP contribution in [0.25, 0.3) is 0 Å². The summed E-state index contributed by atoms with van der Waals surface area (Å²) < 4.78 is 5.82. The van der Waals surface area contributed by atoms with Crippen LogP contribution in [0, 0.1) is 6.92 Å². The third kappa shape index (κ3) is 5.30. The zero-order chi connectivity index (χ0) is 16.7. The second kappa shape index (κ2) is 8.59. The topological polar surface area (TPSA) is 76.1 Å². The molecule has 23 heavy (non-hydrogen) atoms. The van der Waals surface area contributed by atoms with Crippen molar-refractivity contribution in [3.63, 3.8) is 0 Å². The van der Waals surface area contributed by atoms with E-state index in [-0.39, 0.29) is 5.91 Å². The molecule has 1 amide bonds. The minimum absolute atomic E-state index is 0.281. The average Bonchev–Trinajstić information content (AvgIpc) is 2.54. The Bertz CT molecular complexity index is 679. The number of aryl methyl sites for hydroxylation is 1. The Labute approximate surface area is 143 Å². The van der Waals surface area contributed by atoms with Crippen molar-refractivity contribution in [3.05, 3.63) is 46.3 Å². The van der Waals surface area contributed by atoms with Crippen molar-refractivity contribution in [2.24, 2.45) is 0 Å². The molecule has 1 aromatic carbocycles. The fourth-order valence-corrected chi connectivity index (χ4v) is 2.51. The first-order valence-electron chi connectivity index (χ1n) is 7.22. The van der Waals surface area contributed by atoms with Crippen LogP contribution in [0.3, 0.4) is 0 Å². The summed E-state index contributed by atoms with van der Waals surface area (Å²) in [6.45, 7) is 3.38. The van der Waals surface area contributed by atoms with Crippen LogP contribution in [0.2, 0.25) is 0 Å². The molecule has 0 atom stereocenters. The number of aromatic nitrogens is 2. The average molecular weight is 379 g/mol. The maximum Gasteiger partial charge on any atom is 0.274 e. The van der Waals surface area contributed by atoms with Crippen LogP contribution in [-0.4, -0.2) is 36.1 Å². The van der Waals surface area contributed by atoms with Gasteiger partial charge in [0.25, 0.3) is 5.91 Å². The van der Waals surface area contributed by atoms with Crippen LogP contribution in [-0.2, 0) is 4.74 Å². The quantitative estimate of drug-likeness (QED) is 0.723. The van der Waals surface area contributed by atoms with Gasteiger partial charge in [-0.05, 0) is 47.0 Å². The summed E-state index contributed by atoms with van der Waals surface area (Å²) in [6.07, 6.45) is 2.23. The van der Waals surface area contributed by atoms with Crippen LogP contribution >= 0.6 is 15.9 Å². The Morgan fingerprint density at radius 2 is 2.13 bits per heavy atom. The van der Waals surface area contributed by atoms with Crippen LogP contribution < -0.4 is 10.6 Å². The molecule has 6 nitrogen and oxygen atoms in total. The molecule has 1 aromatic heterocycles. The first-order valence-corrected chi connectivity index (χ1v) is 8.02. The maximum atomic E-state index is 12.3. The molecule has 7 heteroatoms. The van der Waals surface area contributed by atoms with Crippen LogP contribution in [0.1, 0.15) is 22.5 Å². The fraction of sp³-hybridized carbons (Fsp3) is 0.312. The van der Waals surface area contributed by atoms with Gasteiger partial charge in [0, 0.05) is 30.8 Å². The molecular weight excluding hydrogens is 360 g/mol. The van der Waals surface area contributed by atoms with Gasteiger partial charge in [-0.2, -0.15) is 0 Å². The number of nitrogens with one attached hydrogen (secondary N) is 2. The standard InChI is InChI=1S/C16H19BrN4O2/c1-11-4-5-13(12(17)8-11)21-16(22)14-9-15(20-10-19-14)18-6-3-7-23-2/h4-5,8-10H,3,6-7H2,1-2H3,(H,21,22)(H,18,19,20). The van der Waals surface area contributed by atoms with E-state index in [0.717, 1.165) is 23.0 Å². The molecule has 0 saturated heterocycles. The predicted octanol–water partition coefficient (Wildman–Crippen LogP) is 3.25. The number of methoxy groups -OCH3 is 1. The molecule has 0 unspecified atom stereocenters. The van der Waals surface area contributed by atoms with Crippen LogP contribution in [0.5, 0.6) is 0 Å². The number of hydrogen-bond donors (Lipinski definition) is 2. The van der Waals surface area contributed by atoms with Crippen molar-refractivity contribution in [1.82, 2.24) is 9.97 Å². The number of carbonyl (C=O) groups is 1. The lowest BCUT2D eigenvalue weighted by Crippen LogP contribution is -2.15. The van der Waals surface area contributed by atoms with E-state index < -0.39 is 0 Å². The molecule has 0 saturated carbocycles. The van der Waals surface area contributed by atoms with Crippen molar-refractivity contribution >= 4 is 33.3 Å². The number of halogens is 1. The Morgan fingerprint density at radius 1 is 1.30 bits per heavy atom. The van der Waals surface area contributed by atoms with Gasteiger partial charge >= 0.3 is 0 Å². The van der Waals surface area contributed by atoms with Gasteiger partial charge < -0.3 is 15.4 Å². The summed E-state index contributed by atoms with van der Waals surface area (Å²) in [5.41, 5.74) is 2.12. The molecule has 2 aromatic rings. The molecule has 0 spiro atoms. The van der Waals surface area contributed by atoms with E-state index in [1.807, 2.05) is 25.1 Å². The van der Waals surface area contributed by atoms with E-state index >= 15 is 0 Å². The largest absolute Gasteiger partial charge is 0.385 e. The van der Waals surface area contributed by atoms with E-state index in [2.05, 4.69) is 36.5 Å². The summed E-state index contributed by atoms with van der Waals surface area (Å²) in [6, 6.07) is 7.36. The minimum atomic E-state index is -0.281. The Hall–Kier alpha value is -1.99. The zero-order valence-corrected chi connectivity index (χ0v) is 14.7. The molecule has 2 N–H and O–H groups in total. The lowest BCUT2D eigenvalue weighted by molar-refractivity contribution is 0.102. The van der Waals surface area contributed by atoms with Gasteiger partial charge in [-0.25, -0.2) is 9.97 Å². The molecule has 0 fully saturated rings. The zero-order valence-electron chi connectivity index (χ0n) is 13.1. The number of carbonyl (C=O) groups excluding carboxylic acids is 1. The van der Waals surface area contributed by atoms with E-state index in [4.69, 9.17) is 4.74 Å². The highest BCUT2D eigenvalue weighted by Gasteiger charge is 2.11. The first kappa shape index (κ1) is 17.4. The summed E-state index contributed by atoms with van der Waals surface area (Å²) >= 11 is 3.44. The highest BCUT2D eigenvalue weighted by Crippen LogP contribution is 2.23. The highest BCUT2D eigenvalue weighted by atomic mass is 79.9. The highest BCUT2D eigenvalue weighted by molar-refractivity contribution is 9.10. The van der Waals surface area contributed by atoms with E-state index in [9.17, 15) is 4.79 Å². The number of amides is 1. The number of benzene rings is 1. The normalized spacial score (nSPS) is 10.4. The Morgan fingerprint density at radius 3 is 2.87 bits per heavy atom. The molecule has 0 aliphatic heterocycles. The summed E-state index contributed by atoms with van der Waals surface area (Å²) in [5.74, 6) is 0.334. The predicted molar refractivity (Wildman–Crippen MR) is 93.8 cm³/mol. The van der Waals surface area contributed by atoms with Gasteiger partial charge in [-0.15, -0.1) is 0 Å². The SMILES string of the molecule is COCCCNc1cc(C(=O)Nc2ccc(C)cc2Br)ncn1. The molecule has 2 rings (SSSR count). The molecular formula is C16H19BrN4O2. The molecule has 0 aliphatic rings. The molecule has 1 heterocycles. The minimum Gasteiger partial charge on any atom is -0.385 e. The van der Waals surface area contributed by atoms with Crippen molar-refractivity contribution in [2.75, 3.05) is 30.9 Å². The van der Waals surface area contributed by atoms with Gasteiger partial charge in [0.05, 0.1) is 5.69 Å². The van der Waals surface area contributed by atoms with Gasteiger partial charge in [0.2, 0.25) is 0 Å². The second-order valence-corrected chi connectivity index (χ2v) is 5.85. The lowest BCUT2D eigenvalue weighted by atomic mass is 10.2. The first-order chi connectivity index (χ1) is 11.1. The van der Waals surface area contributed by atoms with E-state index in [0.29, 0.717) is 23.8 Å². The van der Waals surface area contributed by atoms with Crippen molar-refractivity contribution < 1.29 is 9.53 Å². The lowest BCUT2D eigenvalue weighted by Gasteiger charge is -2.09. The number of hydrogen-bond acceptors (Lipinski definition) is 5. The molecule has 122 valence electrons. The van der Waals surface area contributed by atoms with Crippen LogP contribution in [0.4, 0.5) is 11.5 Å². The fourth-order valence-electron chi connectivity index (χ4n) is 1.92. The van der Waals surface area contributed by atoms with Gasteiger partial charge in [-0.1, -0.05) is 6.07 Å². The molecule has 0 aliphatic carbocycles. The number of ether oxygens (including phenoxy) is 1. The number of anilines is 2. The number of nitrogens with zero attached hydrogens (tertiary/aromatic N) is 2. The van der Waals surface area contributed by atoms with Crippen molar-refractivity contribution in [2.45, 2.75) is 13.3 Å². The smallest absolute Gasteiger partial charge is 0.274 e. The van der Waals surface area contributed by atoms with Gasteiger partial charge in [-0.3, -0.25) is 4.79 Å².